The third kappa shape index (κ3) is 34.9. The van der Waals surface area contributed by atoms with Crippen molar-refractivity contribution in [3.63, 3.8) is 0 Å². The summed E-state index contributed by atoms with van der Waals surface area (Å²) in [7, 11) is 0. The molecule has 4 heteroatoms. The van der Waals surface area contributed by atoms with Crippen LogP contribution in [0.2, 0.25) is 0 Å². The summed E-state index contributed by atoms with van der Waals surface area (Å²) < 4.78 is 5.97. The predicted molar refractivity (Wildman–Crippen MR) is 190 cm³/mol. The third-order valence-electron chi connectivity index (χ3n) is 8.68. The number of rotatable bonds is 35. The molecule has 0 amide bonds. The minimum atomic E-state index is -0.705. The molecule has 1 atom stereocenters. The zero-order chi connectivity index (χ0) is 32.2. The number of hydrogen-bond donors (Lipinski definition) is 1. The molecule has 0 aliphatic carbocycles. The number of carbonyl (C=O) groups is 2. The van der Waals surface area contributed by atoms with Gasteiger partial charge in [-0.15, -0.1) is 0 Å². The van der Waals surface area contributed by atoms with Crippen molar-refractivity contribution in [3.8, 4) is 0 Å². The molecule has 0 saturated carbocycles. The van der Waals surface area contributed by atoms with Crippen molar-refractivity contribution in [3.05, 3.63) is 24.3 Å². The number of esters is 1. The Hall–Kier alpha value is -1.58. The van der Waals surface area contributed by atoms with Gasteiger partial charge in [0, 0.05) is 12.8 Å². The van der Waals surface area contributed by atoms with Crippen LogP contribution in [0, 0.1) is 0 Å². The quantitative estimate of drug-likeness (QED) is 0.0436. The molecule has 44 heavy (non-hydrogen) atoms. The monoisotopic (exact) mass is 619 g/mol. The highest BCUT2D eigenvalue weighted by Gasteiger charge is 2.14. The van der Waals surface area contributed by atoms with Crippen LogP contribution in [0.25, 0.3) is 0 Å². The Labute approximate surface area is 274 Å². The molecular weight excluding hydrogens is 544 g/mol. The Morgan fingerprint density at radius 2 is 0.909 bits per heavy atom. The van der Waals surface area contributed by atoms with Crippen molar-refractivity contribution in [2.75, 3.05) is 0 Å². The van der Waals surface area contributed by atoms with Crippen LogP contribution in [-0.4, -0.2) is 23.1 Å². The Morgan fingerprint density at radius 1 is 0.500 bits per heavy atom. The van der Waals surface area contributed by atoms with Gasteiger partial charge in [0.25, 0.3) is 0 Å². The maximum Gasteiger partial charge on any atom is 0.306 e. The van der Waals surface area contributed by atoms with Gasteiger partial charge in [0.05, 0.1) is 0 Å². The first-order valence-corrected chi connectivity index (χ1v) is 19.3. The van der Waals surface area contributed by atoms with E-state index in [-0.39, 0.29) is 18.5 Å². The molecule has 0 aromatic heterocycles. The highest BCUT2D eigenvalue weighted by molar-refractivity contribution is 5.69. The lowest BCUT2D eigenvalue weighted by Crippen LogP contribution is -2.18. The summed E-state index contributed by atoms with van der Waals surface area (Å²) in [6.45, 7) is 4.52. The molecule has 258 valence electrons. The maximum atomic E-state index is 12.6. The Balaban J connectivity index is 4.05. The molecule has 0 spiro atoms. The lowest BCUT2D eigenvalue weighted by atomic mass is 10.0. The number of allylic oxidation sites excluding steroid dienone is 4. The molecule has 4 nitrogen and oxygen atoms in total. The van der Waals surface area contributed by atoms with E-state index in [9.17, 15) is 9.59 Å². The van der Waals surface area contributed by atoms with E-state index in [2.05, 4.69) is 38.2 Å². The molecule has 0 bridgehead atoms. The van der Waals surface area contributed by atoms with Gasteiger partial charge in [-0.3, -0.25) is 9.59 Å². The van der Waals surface area contributed by atoms with Crippen LogP contribution in [0.1, 0.15) is 213 Å². The molecule has 0 aromatic rings. The average molecular weight is 619 g/mol. The van der Waals surface area contributed by atoms with Gasteiger partial charge in [0.15, 0.2) is 0 Å². The summed E-state index contributed by atoms with van der Waals surface area (Å²) in [4.78, 5) is 23.3. The molecule has 0 heterocycles. The van der Waals surface area contributed by atoms with E-state index < -0.39 is 5.97 Å². The summed E-state index contributed by atoms with van der Waals surface area (Å²) in [6, 6.07) is 0. The second-order valence-electron chi connectivity index (χ2n) is 13.1. The minimum Gasteiger partial charge on any atom is -0.481 e. The predicted octanol–water partition coefficient (Wildman–Crippen LogP) is 13.2. The third-order valence-corrected chi connectivity index (χ3v) is 8.68. The minimum absolute atomic E-state index is 0.0183. The molecule has 0 saturated heterocycles. The molecule has 1 N–H and O–H groups in total. The second kappa shape index (κ2) is 35.9. The number of unbranched alkanes of at least 4 members (excludes halogenated alkanes) is 22. The largest absolute Gasteiger partial charge is 0.481 e. The first-order valence-electron chi connectivity index (χ1n) is 19.3. The summed E-state index contributed by atoms with van der Waals surface area (Å²) >= 11 is 0. The molecule has 0 aliphatic heterocycles. The molecule has 0 fully saturated rings. The van der Waals surface area contributed by atoms with Crippen LogP contribution in [0.5, 0.6) is 0 Å². The Bertz CT molecular complexity index is 668. The smallest absolute Gasteiger partial charge is 0.306 e. The Morgan fingerprint density at radius 3 is 1.43 bits per heavy atom. The highest BCUT2D eigenvalue weighted by Crippen LogP contribution is 2.18. The summed E-state index contributed by atoms with van der Waals surface area (Å²) in [5.74, 6) is -0.724. The molecule has 0 aliphatic rings. The van der Waals surface area contributed by atoms with Gasteiger partial charge in [-0.2, -0.15) is 0 Å². The van der Waals surface area contributed by atoms with Crippen molar-refractivity contribution in [1.29, 1.82) is 0 Å². The number of ether oxygens (including phenoxy) is 1. The number of aliphatic carboxylic acids is 1. The summed E-state index contributed by atoms with van der Waals surface area (Å²) in [5.41, 5.74) is 0. The van der Waals surface area contributed by atoms with Gasteiger partial charge in [-0.1, -0.05) is 160 Å². The van der Waals surface area contributed by atoms with Crippen molar-refractivity contribution in [2.24, 2.45) is 0 Å². The topological polar surface area (TPSA) is 63.6 Å². The second-order valence-corrected chi connectivity index (χ2v) is 13.1. The van der Waals surface area contributed by atoms with Crippen LogP contribution in [0.15, 0.2) is 24.3 Å². The fourth-order valence-corrected chi connectivity index (χ4v) is 5.81. The van der Waals surface area contributed by atoms with Gasteiger partial charge in [0.2, 0.25) is 0 Å². The van der Waals surface area contributed by atoms with Gasteiger partial charge >= 0.3 is 11.9 Å². The highest BCUT2D eigenvalue weighted by atomic mass is 16.5. The van der Waals surface area contributed by atoms with E-state index >= 15 is 0 Å². The first kappa shape index (κ1) is 42.4. The van der Waals surface area contributed by atoms with E-state index in [0.29, 0.717) is 6.42 Å². The van der Waals surface area contributed by atoms with E-state index in [0.717, 1.165) is 77.0 Å². The molecule has 0 aromatic carbocycles. The number of hydrogen-bond acceptors (Lipinski definition) is 3. The van der Waals surface area contributed by atoms with Crippen LogP contribution < -0.4 is 0 Å². The lowest BCUT2D eigenvalue weighted by molar-refractivity contribution is -0.150. The number of carboxylic acids is 1. The number of carboxylic acid groups (broad SMARTS) is 1. The summed E-state index contributed by atoms with van der Waals surface area (Å²) in [6.07, 6.45) is 44.8. The standard InChI is InChI=1S/C40H74O4/c1-3-5-7-9-11-13-15-16-17-18-20-22-24-29-33-37-40(43)44-38(35-31-27-25-28-32-36-39(41)42)34-30-26-23-21-19-14-12-10-8-6-4-2/h12,14,21,23,38H,3-11,13,15-20,22,24-37H2,1-2H3,(H,41,42)/b14-12-,23-21-. The number of carbonyl (C=O) groups excluding carboxylic acids is 1. The Kier molecular flexibility index (Phi) is 34.6. The van der Waals surface area contributed by atoms with Gasteiger partial charge in [-0.25, -0.2) is 0 Å². The molecule has 0 rings (SSSR count). The van der Waals surface area contributed by atoms with Gasteiger partial charge in [0.1, 0.15) is 6.10 Å². The zero-order valence-corrected chi connectivity index (χ0v) is 29.5. The SMILES string of the molecule is CCCCC/C=C\C/C=C\CCCC(CCCCCCCC(=O)O)OC(=O)CCCCCCCCCCCCCCCCC. The molecular formula is C40H74O4. The first-order chi connectivity index (χ1) is 21.6. The van der Waals surface area contributed by atoms with Crippen LogP contribution in [0.4, 0.5) is 0 Å². The van der Waals surface area contributed by atoms with Crippen molar-refractivity contribution in [1.82, 2.24) is 0 Å². The van der Waals surface area contributed by atoms with Crippen molar-refractivity contribution >= 4 is 11.9 Å². The van der Waals surface area contributed by atoms with Gasteiger partial charge in [-0.05, 0) is 64.2 Å². The summed E-state index contributed by atoms with van der Waals surface area (Å²) in [5, 5.41) is 8.80. The fourth-order valence-electron chi connectivity index (χ4n) is 5.81. The van der Waals surface area contributed by atoms with E-state index in [1.807, 2.05) is 0 Å². The van der Waals surface area contributed by atoms with Crippen LogP contribution in [-0.2, 0) is 14.3 Å². The normalized spacial score (nSPS) is 12.4. The molecule has 1 unspecified atom stereocenters. The average Bonchev–Trinajstić information content (AvgIpc) is 3.00. The van der Waals surface area contributed by atoms with Crippen LogP contribution in [0.3, 0.4) is 0 Å². The van der Waals surface area contributed by atoms with Gasteiger partial charge < -0.3 is 9.84 Å². The van der Waals surface area contributed by atoms with Crippen molar-refractivity contribution < 1.29 is 19.4 Å². The fraction of sp³-hybridized carbons (Fsp3) is 0.850. The zero-order valence-electron chi connectivity index (χ0n) is 29.5. The molecule has 0 radical (unpaired) electrons. The van der Waals surface area contributed by atoms with E-state index in [4.69, 9.17) is 9.84 Å². The lowest BCUT2D eigenvalue weighted by Gasteiger charge is -2.18. The van der Waals surface area contributed by atoms with E-state index in [1.54, 1.807) is 0 Å². The van der Waals surface area contributed by atoms with Crippen LogP contribution >= 0.6 is 0 Å². The maximum absolute atomic E-state index is 12.6. The van der Waals surface area contributed by atoms with Crippen molar-refractivity contribution in [2.45, 2.75) is 219 Å². The van der Waals surface area contributed by atoms with E-state index in [1.165, 1.54) is 109 Å².